The number of nitrogens with zero attached hydrogens (tertiary/aromatic N) is 2. The molecule has 0 fully saturated rings. The van der Waals surface area contributed by atoms with E-state index in [1.807, 2.05) is 55.5 Å². The number of ether oxygens (including phenoxy) is 1. The molecular formula is C22H17FN2O2. The first-order chi connectivity index (χ1) is 13.2. The van der Waals surface area contributed by atoms with Crippen LogP contribution in [-0.2, 0) is 6.61 Å². The topological polar surface area (TPSA) is 48.2 Å². The molecule has 0 atom stereocenters. The number of rotatable bonds is 5. The standard InChI is InChI=1S/C22H17FN2O2/c1-15-8-2-7-13-20(15)26-14-16-9-3-4-10-17(16)21-24-25-22(27-21)18-11-5-6-12-19(18)23/h2-13H,14H2,1H3. The average Bonchev–Trinajstić information content (AvgIpc) is 3.18. The summed E-state index contributed by atoms with van der Waals surface area (Å²) >= 11 is 0. The number of aromatic nitrogens is 2. The minimum atomic E-state index is -0.399. The van der Waals surface area contributed by atoms with Crippen LogP contribution in [-0.4, -0.2) is 10.2 Å². The highest BCUT2D eigenvalue weighted by atomic mass is 19.1. The Labute approximate surface area is 156 Å². The third-order valence-electron chi connectivity index (χ3n) is 4.25. The van der Waals surface area contributed by atoms with Gasteiger partial charge in [0.05, 0.1) is 5.56 Å². The largest absolute Gasteiger partial charge is 0.489 e. The summed E-state index contributed by atoms with van der Waals surface area (Å²) in [7, 11) is 0. The fourth-order valence-electron chi connectivity index (χ4n) is 2.80. The highest BCUT2D eigenvalue weighted by Gasteiger charge is 2.16. The van der Waals surface area contributed by atoms with Crippen LogP contribution in [0.1, 0.15) is 11.1 Å². The van der Waals surface area contributed by atoms with Crippen LogP contribution in [0.2, 0.25) is 0 Å². The van der Waals surface area contributed by atoms with Crippen LogP contribution in [0.4, 0.5) is 4.39 Å². The molecule has 4 nitrogen and oxygen atoms in total. The van der Waals surface area contributed by atoms with Crippen molar-refractivity contribution in [2.75, 3.05) is 0 Å². The average molecular weight is 360 g/mol. The van der Waals surface area contributed by atoms with E-state index < -0.39 is 5.82 Å². The Hall–Kier alpha value is -3.47. The molecule has 0 radical (unpaired) electrons. The quantitative estimate of drug-likeness (QED) is 0.476. The van der Waals surface area contributed by atoms with Gasteiger partial charge in [-0.15, -0.1) is 10.2 Å². The number of hydrogen-bond acceptors (Lipinski definition) is 4. The minimum Gasteiger partial charge on any atom is -0.489 e. The molecule has 1 aromatic heterocycles. The van der Waals surface area contributed by atoms with Gasteiger partial charge in [0, 0.05) is 11.1 Å². The first kappa shape index (κ1) is 17.0. The predicted octanol–water partition coefficient (Wildman–Crippen LogP) is 5.43. The Balaban J connectivity index is 1.62. The van der Waals surface area contributed by atoms with Gasteiger partial charge in [0.25, 0.3) is 5.89 Å². The van der Waals surface area contributed by atoms with E-state index in [4.69, 9.17) is 9.15 Å². The van der Waals surface area contributed by atoms with Crippen LogP contribution in [0.25, 0.3) is 22.9 Å². The summed E-state index contributed by atoms with van der Waals surface area (Å²) in [5.41, 5.74) is 3.02. The second-order valence-electron chi connectivity index (χ2n) is 6.10. The van der Waals surface area contributed by atoms with Crippen molar-refractivity contribution < 1.29 is 13.5 Å². The predicted molar refractivity (Wildman–Crippen MR) is 101 cm³/mol. The second kappa shape index (κ2) is 7.41. The lowest BCUT2D eigenvalue weighted by Crippen LogP contribution is -1.99. The van der Waals surface area contributed by atoms with Crippen molar-refractivity contribution in [1.29, 1.82) is 0 Å². The van der Waals surface area contributed by atoms with Crippen LogP contribution < -0.4 is 4.74 Å². The fourth-order valence-corrected chi connectivity index (χ4v) is 2.80. The van der Waals surface area contributed by atoms with Gasteiger partial charge in [-0.05, 0) is 36.8 Å². The molecule has 0 saturated heterocycles. The molecule has 0 aliphatic heterocycles. The molecule has 0 amide bonds. The molecule has 5 heteroatoms. The molecule has 3 aromatic carbocycles. The molecule has 0 spiro atoms. The molecule has 0 aliphatic rings. The first-order valence-corrected chi connectivity index (χ1v) is 8.57. The molecule has 4 aromatic rings. The minimum absolute atomic E-state index is 0.151. The summed E-state index contributed by atoms with van der Waals surface area (Å²) in [6.45, 7) is 2.36. The van der Waals surface area contributed by atoms with E-state index in [1.54, 1.807) is 18.2 Å². The maximum atomic E-state index is 14.0. The van der Waals surface area contributed by atoms with E-state index in [0.29, 0.717) is 12.5 Å². The molecule has 0 saturated carbocycles. The van der Waals surface area contributed by atoms with E-state index in [2.05, 4.69) is 10.2 Å². The van der Waals surface area contributed by atoms with E-state index in [1.165, 1.54) is 6.07 Å². The molecule has 134 valence electrons. The zero-order valence-electron chi connectivity index (χ0n) is 14.7. The number of para-hydroxylation sites is 1. The van der Waals surface area contributed by atoms with E-state index in [9.17, 15) is 4.39 Å². The SMILES string of the molecule is Cc1ccccc1OCc1ccccc1-c1nnc(-c2ccccc2F)o1. The van der Waals surface area contributed by atoms with Gasteiger partial charge in [-0.25, -0.2) is 4.39 Å². The molecule has 27 heavy (non-hydrogen) atoms. The third kappa shape index (κ3) is 3.58. The Morgan fingerprint density at radius 1 is 0.815 bits per heavy atom. The summed E-state index contributed by atoms with van der Waals surface area (Å²) in [6, 6.07) is 21.8. The monoisotopic (exact) mass is 360 g/mol. The van der Waals surface area contributed by atoms with Gasteiger partial charge in [-0.2, -0.15) is 0 Å². The maximum absolute atomic E-state index is 14.0. The van der Waals surface area contributed by atoms with E-state index in [0.717, 1.165) is 22.4 Å². The molecular weight excluding hydrogens is 343 g/mol. The third-order valence-corrected chi connectivity index (χ3v) is 4.25. The molecule has 4 rings (SSSR count). The second-order valence-corrected chi connectivity index (χ2v) is 6.10. The summed E-state index contributed by atoms with van der Waals surface area (Å²) < 4.78 is 25.6. The Bertz CT molecular complexity index is 1080. The van der Waals surface area contributed by atoms with Gasteiger partial charge in [0.15, 0.2) is 0 Å². The summed E-state index contributed by atoms with van der Waals surface area (Å²) in [5, 5.41) is 8.10. The van der Waals surface area contributed by atoms with E-state index in [-0.39, 0.29) is 11.5 Å². The van der Waals surface area contributed by atoms with Crippen LogP contribution in [0, 0.1) is 12.7 Å². The smallest absolute Gasteiger partial charge is 0.251 e. The zero-order chi connectivity index (χ0) is 18.6. The number of halogens is 1. The van der Waals surface area contributed by atoms with Crippen molar-refractivity contribution in [3.63, 3.8) is 0 Å². The normalized spacial score (nSPS) is 10.7. The van der Waals surface area contributed by atoms with Gasteiger partial charge < -0.3 is 9.15 Å². The Morgan fingerprint density at radius 3 is 2.22 bits per heavy atom. The highest BCUT2D eigenvalue weighted by Crippen LogP contribution is 2.28. The zero-order valence-corrected chi connectivity index (χ0v) is 14.7. The van der Waals surface area contributed by atoms with Gasteiger partial charge in [0.2, 0.25) is 5.89 Å². The molecule has 0 N–H and O–H groups in total. The van der Waals surface area contributed by atoms with Crippen molar-refractivity contribution in [2.45, 2.75) is 13.5 Å². The molecule has 1 heterocycles. The van der Waals surface area contributed by atoms with Gasteiger partial charge in [0.1, 0.15) is 18.2 Å². The number of hydrogen-bond donors (Lipinski definition) is 0. The highest BCUT2D eigenvalue weighted by molar-refractivity contribution is 5.61. The Morgan fingerprint density at radius 2 is 1.44 bits per heavy atom. The number of aryl methyl sites for hydroxylation is 1. The first-order valence-electron chi connectivity index (χ1n) is 8.57. The summed E-state index contributed by atoms with van der Waals surface area (Å²) in [5.74, 6) is 0.906. The van der Waals surface area contributed by atoms with Crippen molar-refractivity contribution in [3.8, 4) is 28.7 Å². The lowest BCUT2D eigenvalue weighted by molar-refractivity contribution is 0.304. The number of benzene rings is 3. The summed E-state index contributed by atoms with van der Waals surface area (Å²) in [6.07, 6.45) is 0. The van der Waals surface area contributed by atoms with Crippen LogP contribution in [0.3, 0.4) is 0 Å². The van der Waals surface area contributed by atoms with Crippen LogP contribution >= 0.6 is 0 Å². The van der Waals surface area contributed by atoms with Gasteiger partial charge in [-0.1, -0.05) is 48.5 Å². The molecule has 0 bridgehead atoms. The van der Waals surface area contributed by atoms with Gasteiger partial charge in [-0.3, -0.25) is 0 Å². The fraction of sp³-hybridized carbons (Fsp3) is 0.0909. The van der Waals surface area contributed by atoms with Crippen molar-refractivity contribution in [2.24, 2.45) is 0 Å². The van der Waals surface area contributed by atoms with E-state index >= 15 is 0 Å². The van der Waals surface area contributed by atoms with Crippen LogP contribution in [0.5, 0.6) is 5.75 Å². The van der Waals surface area contributed by atoms with Crippen molar-refractivity contribution >= 4 is 0 Å². The van der Waals surface area contributed by atoms with Crippen LogP contribution in [0.15, 0.2) is 77.2 Å². The Kier molecular flexibility index (Phi) is 4.66. The van der Waals surface area contributed by atoms with Crippen molar-refractivity contribution in [1.82, 2.24) is 10.2 Å². The lowest BCUT2D eigenvalue weighted by atomic mass is 10.1. The lowest BCUT2D eigenvalue weighted by Gasteiger charge is -2.10. The molecule has 0 unspecified atom stereocenters. The van der Waals surface area contributed by atoms with Gasteiger partial charge >= 0.3 is 0 Å². The van der Waals surface area contributed by atoms with Crippen molar-refractivity contribution in [3.05, 3.63) is 89.7 Å². The maximum Gasteiger partial charge on any atom is 0.251 e. The molecule has 0 aliphatic carbocycles. The summed E-state index contributed by atoms with van der Waals surface area (Å²) in [4.78, 5) is 0.